The van der Waals surface area contributed by atoms with Crippen LogP contribution >= 0.6 is 0 Å². The first kappa shape index (κ1) is 14.5. The average Bonchev–Trinajstić information content (AvgIpc) is 2.34. The lowest BCUT2D eigenvalue weighted by Crippen LogP contribution is -2.07. The highest BCUT2D eigenvalue weighted by Gasteiger charge is 2.14. The number of benzene rings is 1. The SMILES string of the molecule is COc1cccc(S(=O)(=O)CCCCC(=O)O)c1. The van der Waals surface area contributed by atoms with Crippen molar-refractivity contribution >= 4 is 15.8 Å². The number of carbonyl (C=O) groups is 1. The van der Waals surface area contributed by atoms with Crippen molar-refractivity contribution in [2.75, 3.05) is 12.9 Å². The Morgan fingerprint density at radius 1 is 1.33 bits per heavy atom. The van der Waals surface area contributed by atoms with Gasteiger partial charge in [0.25, 0.3) is 0 Å². The van der Waals surface area contributed by atoms with Gasteiger partial charge in [0, 0.05) is 6.42 Å². The molecule has 1 aromatic rings. The van der Waals surface area contributed by atoms with E-state index in [2.05, 4.69) is 0 Å². The second-order valence-corrected chi connectivity index (χ2v) is 5.96. The smallest absolute Gasteiger partial charge is 0.303 e. The molecule has 0 aromatic heterocycles. The van der Waals surface area contributed by atoms with Gasteiger partial charge in [0.2, 0.25) is 0 Å². The third-order valence-corrected chi connectivity index (χ3v) is 4.25. The van der Waals surface area contributed by atoms with E-state index in [-0.39, 0.29) is 17.1 Å². The van der Waals surface area contributed by atoms with Crippen molar-refractivity contribution in [1.82, 2.24) is 0 Å². The number of carboxylic acid groups (broad SMARTS) is 1. The highest BCUT2D eigenvalue weighted by atomic mass is 32.2. The molecular formula is C12H16O5S. The summed E-state index contributed by atoms with van der Waals surface area (Å²) in [6.07, 6.45) is 0.692. The maximum Gasteiger partial charge on any atom is 0.303 e. The Labute approximate surface area is 106 Å². The molecule has 18 heavy (non-hydrogen) atoms. The summed E-state index contributed by atoms with van der Waals surface area (Å²) in [7, 11) is -1.89. The summed E-state index contributed by atoms with van der Waals surface area (Å²) in [5.41, 5.74) is 0. The number of hydrogen-bond acceptors (Lipinski definition) is 4. The first-order chi connectivity index (χ1) is 8.45. The third kappa shape index (κ3) is 4.37. The molecule has 100 valence electrons. The van der Waals surface area contributed by atoms with Crippen molar-refractivity contribution in [3.63, 3.8) is 0 Å². The van der Waals surface area contributed by atoms with Crippen LogP contribution in [0.3, 0.4) is 0 Å². The van der Waals surface area contributed by atoms with Crippen molar-refractivity contribution in [3.05, 3.63) is 24.3 Å². The fraction of sp³-hybridized carbons (Fsp3) is 0.417. The Bertz CT molecular complexity index is 507. The lowest BCUT2D eigenvalue weighted by atomic mass is 10.2. The fourth-order valence-corrected chi connectivity index (χ4v) is 2.88. The van der Waals surface area contributed by atoms with Gasteiger partial charge in [0.1, 0.15) is 5.75 Å². The lowest BCUT2D eigenvalue weighted by Gasteiger charge is -2.06. The molecule has 0 aliphatic rings. The van der Waals surface area contributed by atoms with E-state index >= 15 is 0 Å². The first-order valence-corrected chi connectivity index (χ1v) is 7.19. The minimum atomic E-state index is -3.36. The summed E-state index contributed by atoms with van der Waals surface area (Å²) in [5.74, 6) is -0.469. The largest absolute Gasteiger partial charge is 0.497 e. The van der Waals surface area contributed by atoms with Crippen LogP contribution in [-0.4, -0.2) is 32.4 Å². The van der Waals surface area contributed by atoms with Crippen LogP contribution in [0, 0.1) is 0 Å². The molecule has 0 saturated heterocycles. The van der Waals surface area contributed by atoms with E-state index in [0.29, 0.717) is 18.6 Å². The van der Waals surface area contributed by atoms with E-state index in [0.717, 1.165) is 0 Å². The number of methoxy groups -OCH3 is 1. The Balaban J connectivity index is 2.65. The van der Waals surface area contributed by atoms with Crippen molar-refractivity contribution in [1.29, 1.82) is 0 Å². The van der Waals surface area contributed by atoms with Crippen LogP contribution < -0.4 is 4.74 Å². The molecule has 0 amide bonds. The summed E-state index contributed by atoms with van der Waals surface area (Å²) in [6.45, 7) is 0. The van der Waals surface area contributed by atoms with Crippen molar-refractivity contribution in [2.45, 2.75) is 24.2 Å². The van der Waals surface area contributed by atoms with Gasteiger partial charge in [-0.1, -0.05) is 6.07 Å². The van der Waals surface area contributed by atoms with Gasteiger partial charge < -0.3 is 9.84 Å². The van der Waals surface area contributed by atoms with E-state index < -0.39 is 15.8 Å². The Morgan fingerprint density at radius 3 is 2.67 bits per heavy atom. The maximum absolute atomic E-state index is 11.9. The van der Waals surface area contributed by atoms with Crippen molar-refractivity contribution in [3.8, 4) is 5.75 Å². The Morgan fingerprint density at radius 2 is 2.06 bits per heavy atom. The number of aliphatic carboxylic acids is 1. The lowest BCUT2D eigenvalue weighted by molar-refractivity contribution is -0.137. The summed E-state index contributed by atoms with van der Waals surface area (Å²) in [6, 6.07) is 6.26. The summed E-state index contributed by atoms with van der Waals surface area (Å²) in [4.78, 5) is 10.5. The van der Waals surface area contributed by atoms with Crippen LogP contribution in [0.2, 0.25) is 0 Å². The summed E-state index contributed by atoms with van der Waals surface area (Å²) >= 11 is 0. The molecule has 0 saturated carbocycles. The van der Waals surface area contributed by atoms with Crippen molar-refractivity contribution in [2.24, 2.45) is 0 Å². The zero-order valence-corrected chi connectivity index (χ0v) is 10.9. The van der Waals surface area contributed by atoms with Crippen LogP contribution in [-0.2, 0) is 14.6 Å². The molecule has 0 aliphatic heterocycles. The van der Waals surface area contributed by atoms with Gasteiger partial charge in [-0.2, -0.15) is 0 Å². The molecule has 0 bridgehead atoms. The number of hydrogen-bond donors (Lipinski definition) is 1. The topological polar surface area (TPSA) is 80.7 Å². The van der Waals surface area contributed by atoms with Crippen LogP contribution in [0.15, 0.2) is 29.2 Å². The average molecular weight is 272 g/mol. The van der Waals surface area contributed by atoms with E-state index in [1.165, 1.54) is 19.2 Å². The van der Waals surface area contributed by atoms with Gasteiger partial charge in [0.05, 0.1) is 17.8 Å². The number of carboxylic acids is 1. The Hall–Kier alpha value is -1.56. The van der Waals surface area contributed by atoms with Gasteiger partial charge in [0.15, 0.2) is 9.84 Å². The molecule has 0 spiro atoms. The molecule has 0 heterocycles. The van der Waals surface area contributed by atoms with Crippen LogP contribution in [0.4, 0.5) is 0 Å². The normalized spacial score (nSPS) is 11.2. The molecule has 6 heteroatoms. The molecule has 5 nitrogen and oxygen atoms in total. The van der Waals surface area contributed by atoms with Gasteiger partial charge in [-0.15, -0.1) is 0 Å². The highest BCUT2D eigenvalue weighted by molar-refractivity contribution is 7.91. The predicted molar refractivity (Wildman–Crippen MR) is 66.5 cm³/mol. The quantitative estimate of drug-likeness (QED) is 0.764. The second-order valence-electron chi connectivity index (χ2n) is 3.85. The standard InChI is InChI=1S/C12H16O5S/c1-17-10-5-4-6-11(9-10)18(15,16)8-3-2-7-12(13)14/h4-6,9H,2-3,7-8H2,1H3,(H,13,14). The number of ether oxygens (including phenoxy) is 1. The van der Waals surface area contributed by atoms with E-state index in [1.807, 2.05) is 0 Å². The summed E-state index contributed by atoms with van der Waals surface area (Å²) < 4.78 is 28.8. The minimum absolute atomic E-state index is 0.00632. The molecule has 1 rings (SSSR count). The zero-order valence-electron chi connectivity index (χ0n) is 10.1. The van der Waals surface area contributed by atoms with E-state index in [1.54, 1.807) is 12.1 Å². The molecule has 1 aromatic carbocycles. The highest BCUT2D eigenvalue weighted by Crippen LogP contribution is 2.19. The van der Waals surface area contributed by atoms with Gasteiger partial charge in [-0.25, -0.2) is 8.42 Å². The van der Waals surface area contributed by atoms with Crippen LogP contribution in [0.25, 0.3) is 0 Å². The van der Waals surface area contributed by atoms with Crippen LogP contribution in [0.1, 0.15) is 19.3 Å². The molecule has 0 unspecified atom stereocenters. The van der Waals surface area contributed by atoms with E-state index in [9.17, 15) is 13.2 Å². The monoisotopic (exact) mass is 272 g/mol. The second kappa shape index (κ2) is 6.39. The zero-order chi connectivity index (χ0) is 13.6. The summed E-state index contributed by atoms with van der Waals surface area (Å²) in [5, 5.41) is 8.46. The van der Waals surface area contributed by atoms with Crippen LogP contribution in [0.5, 0.6) is 5.75 Å². The fourth-order valence-electron chi connectivity index (χ4n) is 1.48. The first-order valence-electron chi connectivity index (χ1n) is 5.54. The molecule has 0 atom stereocenters. The molecule has 0 fully saturated rings. The number of rotatable bonds is 7. The van der Waals surface area contributed by atoms with E-state index in [4.69, 9.17) is 9.84 Å². The molecule has 0 aliphatic carbocycles. The Kier molecular flexibility index (Phi) is 5.15. The predicted octanol–water partition coefficient (Wildman–Crippen LogP) is 1.72. The van der Waals surface area contributed by atoms with Gasteiger partial charge in [-0.3, -0.25) is 4.79 Å². The van der Waals surface area contributed by atoms with Gasteiger partial charge in [-0.05, 0) is 31.0 Å². The van der Waals surface area contributed by atoms with Crippen molar-refractivity contribution < 1.29 is 23.1 Å². The maximum atomic E-state index is 11.9. The third-order valence-electron chi connectivity index (χ3n) is 2.45. The number of sulfone groups is 1. The molecule has 0 radical (unpaired) electrons. The number of unbranched alkanes of at least 4 members (excludes halogenated alkanes) is 1. The molecular weight excluding hydrogens is 256 g/mol. The minimum Gasteiger partial charge on any atom is -0.497 e. The molecule has 1 N–H and O–H groups in total. The van der Waals surface area contributed by atoms with Gasteiger partial charge >= 0.3 is 5.97 Å².